The molecule has 0 saturated carbocycles. The first-order valence-corrected chi connectivity index (χ1v) is 7.24. The minimum atomic E-state index is -3.06. The first-order chi connectivity index (χ1) is 6.99. The molecule has 0 aliphatic carbocycles. The molecule has 4 nitrogen and oxygen atoms in total. The Hall–Kier alpha value is -0.130. The van der Waals surface area contributed by atoms with Crippen LogP contribution in [0.4, 0.5) is 0 Å². The van der Waals surface area contributed by atoms with Crippen LogP contribution in [0.15, 0.2) is 0 Å². The summed E-state index contributed by atoms with van der Waals surface area (Å²) in [4.78, 5) is 0. The van der Waals surface area contributed by atoms with Crippen LogP contribution in [-0.4, -0.2) is 44.7 Å². The van der Waals surface area contributed by atoms with Gasteiger partial charge < -0.3 is 5.32 Å². The molecule has 0 heterocycles. The zero-order valence-corrected chi connectivity index (χ0v) is 11.1. The Balaban J connectivity index is 4.39. The first-order valence-electron chi connectivity index (χ1n) is 5.63. The van der Waals surface area contributed by atoms with Crippen molar-refractivity contribution >= 4 is 10.0 Å². The number of nitrogens with zero attached hydrogens (tertiary/aromatic N) is 1. The molecule has 0 radical (unpaired) electrons. The van der Waals surface area contributed by atoms with E-state index >= 15 is 0 Å². The Morgan fingerprint density at radius 1 is 1.33 bits per heavy atom. The Bertz CT molecular complexity index is 252. The zero-order chi connectivity index (χ0) is 11.9. The predicted octanol–water partition coefficient (Wildman–Crippen LogP) is 1.05. The summed E-state index contributed by atoms with van der Waals surface area (Å²) in [6.07, 6.45) is 1.53. The molecule has 0 amide bonds. The third-order valence-electron chi connectivity index (χ3n) is 2.58. The van der Waals surface area contributed by atoms with Gasteiger partial charge in [0.15, 0.2) is 0 Å². The van der Waals surface area contributed by atoms with Gasteiger partial charge in [0.2, 0.25) is 10.0 Å². The van der Waals surface area contributed by atoms with Crippen LogP contribution in [0.2, 0.25) is 0 Å². The van der Waals surface area contributed by atoms with Crippen molar-refractivity contribution in [2.45, 2.75) is 39.7 Å². The lowest BCUT2D eigenvalue weighted by Crippen LogP contribution is -2.39. The van der Waals surface area contributed by atoms with E-state index in [2.05, 4.69) is 5.32 Å². The summed E-state index contributed by atoms with van der Waals surface area (Å²) < 4.78 is 25.5. The van der Waals surface area contributed by atoms with Gasteiger partial charge in [-0.3, -0.25) is 0 Å². The molecular weight excluding hydrogens is 212 g/mol. The summed E-state index contributed by atoms with van der Waals surface area (Å²) >= 11 is 0. The lowest BCUT2D eigenvalue weighted by atomic mass is 10.3. The monoisotopic (exact) mass is 236 g/mol. The van der Waals surface area contributed by atoms with Crippen molar-refractivity contribution in [2.24, 2.45) is 0 Å². The van der Waals surface area contributed by atoms with Crippen LogP contribution < -0.4 is 5.32 Å². The van der Waals surface area contributed by atoms with Gasteiger partial charge in [0.25, 0.3) is 0 Å². The number of rotatable bonds is 8. The van der Waals surface area contributed by atoms with Gasteiger partial charge in [-0.25, -0.2) is 8.42 Å². The molecular formula is C10H24N2O2S. The van der Waals surface area contributed by atoms with Crippen molar-refractivity contribution in [1.82, 2.24) is 9.62 Å². The zero-order valence-electron chi connectivity index (χ0n) is 10.3. The summed E-state index contributed by atoms with van der Waals surface area (Å²) in [5, 5.41) is 2.96. The minimum absolute atomic E-state index is 0.106. The molecule has 1 unspecified atom stereocenters. The van der Waals surface area contributed by atoms with Crippen molar-refractivity contribution in [3.63, 3.8) is 0 Å². The summed E-state index contributed by atoms with van der Waals surface area (Å²) in [7, 11) is -1.23. The van der Waals surface area contributed by atoms with Gasteiger partial charge in [0.1, 0.15) is 0 Å². The molecule has 0 aromatic carbocycles. The van der Waals surface area contributed by atoms with Crippen LogP contribution in [0, 0.1) is 0 Å². The number of hydrogen-bond donors (Lipinski definition) is 1. The van der Waals surface area contributed by atoms with Crippen LogP contribution >= 0.6 is 0 Å². The van der Waals surface area contributed by atoms with Crippen molar-refractivity contribution in [3.05, 3.63) is 0 Å². The van der Waals surface area contributed by atoms with E-state index in [1.165, 1.54) is 0 Å². The smallest absolute Gasteiger partial charge is 0.214 e. The maximum Gasteiger partial charge on any atom is 0.214 e. The number of sulfonamides is 1. The van der Waals surface area contributed by atoms with E-state index in [-0.39, 0.29) is 11.8 Å². The Labute approximate surface area is 94.1 Å². The highest BCUT2D eigenvalue weighted by molar-refractivity contribution is 7.89. The minimum Gasteiger partial charge on any atom is -0.320 e. The molecule has 0 fully saturated rings. The second-order valence-corrected chi connectivity index (χ2v) is 5.77. The summed E-state index contributed by atoms with van der Waals surface area (Å²) in [5.41, 5.74) is 0. The molecule has 0 aromatic rings. The maximum atomic E-state index is 11.9. The fourth-order valence-electron chi connectivity index (χ4n) is 1.53. The van der Waals surface area contributed by atoms with Gasteiger partial charge in [-0.05, 0) is 33.4 Å². The first kappa shape index (κ1) is 14.9. The topological polar surface area (TPSA) is 49.4 Å². The second kappa shape index (κ2) is 7.19. The molecule has 1 atom stereocenters. The van der Waals surface area contributed by atoms with Gasteiger partial charge in [-0.15, -0.1) is 0 Å². The van der Waals surface area contributed by atoms with Gasteiger partial charge in [0.05, 0.1) is 5.75 Å². The molecule has 0 spiro atoms. The van der Waals surface area contributed by atoms with Crippen LogP contribution in [0.25, 0.3) is 0 Å². The summed E-state index contributed by atoms with van der Waals surface area (Å²) in [5.74, 6) is 0.242. The number of hydrogen-bond acceptors (Lipinski definition) is 3. The van der Waals surface area contributed by atoms with Crippen molar-refractivity contribution < 1.29 is 8.42 Å². The van der Waals surface area contributed by atoms with E-state index in [0.717, 1.165) is 13.0 Å². The average Bonchev–Trinajstić information content (AvgIpc) is 2.18. The highest BCUT2D eigenvalue weighted by Gasteiger charge is 2.23. The van der Waals surface area contributed by atoms with Crippen molar-refractivity contribution in [1.29, 1.82) is 0 Å². The highest BCUT2D eigenvalue weighted by Crippen LogP contribution is 2.10. The van der Waals surface area contributed by atoms with E-state index < -0.39 is 10.0 Å². The lowest BCUT2D eigenvalue weighted by Gasteiger charge is -2.26. The largest absolute Gasteiger partial charge is 0.320 e. The van der Waals surface area contributed by atoms with Crippen LogP contribution in [0.3, 0.4) is 0 Å². The molecule has 0 rings (SSSR count). The van der Waals surface area contributed by atoms with Crippen LogP contribution in [0.5, 0.6) is 0 Å². The Morgan fingerprint density at radius 3 is 2.33 bits per heavy atom. The molecule has 0 saturated heterocycles. The highest BCUT2D eigenvalue weighted by atomic mass is 32.2. The molecule has 0 bridgehead atoms. The third kappa shape index (κ3) is 4.95. The lowest BCUT2D eigenvalue weighted by molar-refractivity contribution is 0.342. The fraction of sp³-hybridized carbons (Fsp3) is 1.00. The second-order valence-electron chi connectivity index (χ2n) is 3.73. The standard InChI is InChI=1S/C10H24N2O2S/c1-5-10(3)12(6-2)15(13,14)9-7-8-11-4/h10-11H,5-9H2,1-4H3. The summed E-state index contributed by atoms with van der Waals surface area (Å²) in [6.45, 7) is 7.17. The van der Waals surface area contributed by atoms with E-state index in [0.29, 0.717) is 13.0 Å². The molecule has 15 heavy (non-hydrogen) atoms. The quantitative estimate of drug-likeness (QED) is 0.641. The molecule has 1 N–H and O–H groups in total. The maximum absolute atomic E-state index is 11.9. The molecule has 0 aliphatic heterocycles. The van der Waals surface area contributed by atoms with E-state index in [1.807, 2.05) is 27.8 Å². The van der Waals surface area contributed by atoms with Crippen LogP contribution in [-0.2, 0) is 10.0 Å². The van der Waals surface area contributed by atoms with E-state index in [9.17, 15) is 8.42 Å². The van der Waals surface area contributed by atoms with E-state index in [1.54, 1.807) is 4.31 Å². The molecule has 0 aromatic heterocycles. The van der Waals surface area contributed by atoms with Gasteiger partial charge >= 0.3 is 0 Å². The SMILES string of the molecule is CCC(C)N(CC)S(=O)(=O)CCCNC. The van der Waals surface area contributed by atoms with Crippen molar-refractivity contribution in [3.8, 4) is 0 Å². The molecule has 92 valence electrons. The van der Waals surface area contributed by atoms with Crippen molar-refractivity contribution in [2.75, 3.05) is 25.9 Å². The van der Waals surface area contributed by atoms with Gasteiger partial charge in [-0.1, -0.05) is 13.8 Å². The Kier molecular flexibility index (Phi) is 7.13. The van der Waals surface area contributed by atoms with Gasteiger partial charge in [-0.2, -0.15) is 4.31 Å². The fourth-order valence-corrected chi connectivity index (χ4v) is 3.37. The normalized spacial score (nSPS) is 14.5. The molecule has 0 aliphatic rings. The summed E-state index contributed by atoms with van der Waals surface area (Å²) in [6, 6.07) is 0.106. The third-order valence-corrected chi connectivity index (χ3v) is 4.72. The van der Waals surface area contributed by atoms with Crippen LogP contribution in [0.1, 0.15) is 33.6 Å². The number of nitrogens with one attached hydrogen (secondary N) is 1. The average molecular weight is 236 g/mol. The Morgan fingerprint density at radius 2 is 1.93 bits per heavy atom. The molecule has 5 heteroatoms. The van der Waals surface area contributed by atoms with Gasteiger partial charge in [0, 0.05) is 12.6 Å². The predicted molar refractivity (Wildman–Crippen MR) is 64.5 cm³/mol. The van der Waals surface area contributed by atoms with E-state index in [4.69, 9.17) is 0 Å².